The van der Waals surface area contributed by atoms with Crippen molar-refractivity contribution < 1.29 is 4.52 Å². The van der Waals surface area contributed by atoms with Gasteiger partial charge in [-0.15, -0.1) is 0 Å². The Kier molecular flexibility index (Phi) is 2.72. The molecule has 88 valence electrons. The van der Waals surface area contributed by atoms with Crippen LogP contribution in [0.5, 0.6) is 0 Å². The van der Waals surface area contributed by atoms with E-state index in [2.05, 4.69) is 15.1 Å². The van der Waals surface area contributed by atoms with Gasteiger partial charge in [-0.25, -0.2) is 4.98 Å². The van der Waals surface area contributed by atoms with E-state index >= 15 is 0 Å². The van der Waals surface area contributed by atoms with Gasteiger partial charge in [0.05, 0.1) is 10.9 Å². The molecule has 0 amide bonds. The third-order valence-corrected chi connectivity index (χ3v) is 4.07. The maximum Gasteiger partial charge on any atom is 0.278 e. The molecular formula is C11H12N4OS. The molecule has 1 unspecified atom stereocenters. The van der Waals surface area contributed by atoms with Gasteiger partial charge in [-0.1, -0.05) is 5.16 Å². The van der Waals surface area contributed by atoms with Crippen molar-refractivity contribution in [3.05, 3.63) is 24.2 Å². The van der Waals surface area contributed by atoms with Crippen molar-refractivity contribution in [1.29, 1.82) is 0 Å². The fraction of sp³-hybridized carbons (Fsp3) is 0.364. The summed E-state index contributed by atoms with van der Waals surface area (Å²) in [7, 11) is 0. The number of hydrogen-bond acceptors (Lipinski definition) is 6. The lowest BCUT2D eigenvalue weighted by Crippen LogP contribution is -1.94. The molecule has 17 heavy (non-hydrogen) atoms. The van der Waals surface area contributed by atoms with Crippen LogP contribution in [0.2, 0.25) is 0 Å². The molecule has 1 atom stereocenters. The number of anilines is 1. The highest BCUT2D eigenvalue weighted by Gasteiger charge is 2.24. The lowest BCUT2D eigenvalue weighted by Gasteiger charge is -1.99. The molecule has 0 aromatic carbocycles. The summed E-state index contributed by atoms with van der Waals surface area (Å²) in [6.45, 7) is 0. The van der Waals surface area contributed by atoms with Crippen molar-refractivity contribution in [2.75, 3.05) is 11.5 Å². The molecule has 3 rings (SSSR count). The molecule has 1 aliphatic heterocycles. The minimum Gasteiger partial charge on any atom is -0.397 e. The zero-order chi connectivity index (χ0) is 11.7. The zero-order valence-corrected chi connectivity index (χ0v) is 9.98. The number of thioether (sulfide) groups is 1. The number of hydrogen-bond donors (Lipinski definition) is 1. The highest BCUT2D eigenvalue weighted by molar-refractivity contribution is 7.99. The normalized spacial score (nSPS) is 19.6. The molecular weight excluding hydrogens is 236 g/mol. The van der Waals surface area contributed by atoms with Gasteiger partial charge in [-0.2, -0.15) is 16.7 Å². The molecule has 0 radical (unpaired) electrons. The van der Waals surface area contributed by atoms with Crippen LogP contribution in [0.3, 0.4) is 0 Å². The van der Waals surface area contributed by atoms with Crippen LogP contribution < -0.4 is 5.73 Å². The van der Waals surface area contributed by atoms with E-state index in [1.54, 1.807) is 18.3 Å². The largest absolute Gasteiger partial charge is 0.397 e. The number of aromatic nitrogens is 3. The average molecular weight is 248 g/mol. The second-order valence-corrected chi connectivity index (χ2v) is 5.21. The van der Waals surface area contributed by atoms with Crippen molar-refractivity contribution >= 4 is 17.4 Å². The summed E-state index contributed by atoms with van der Waals surface area (Å²) in [5, 5.41) is 4.37. The quantitative estimate of drug-likeness (QED) is 0.878. The van der Waals surface area contributed by atoms with E-state index in [0.717, 1.165) is 12.2 Å². The van der Waals surface area contributed by atoms with Crippen LogP contribution in [0, 0.1) is 0 Å². The van der Waals surface area contributed by atoms with Crippen LogP contribution in [0.4, 0.5) is 5.69 Å². The summed E-state index contributed by atoms with van der Waals surface area (Å²) in [5.41, 5.74) is 6.94. The molecule has 0 bridgehead atoms. The van der Waals surface area contributed by atoms with Crippen molar-refractivity contribution in [3.63, 3.8) is 0 Å². The fourth-order valence-electron chi connectivity index (χ4n) is 1.84. The monoisotopic (exact) mass is 248 g/mol. The van der Waals surface area contributed by atoms with E-state index in [4.69, 9.17) is 10.3 Å². The average Bonchev–Trinajstić information content (AvgIpc) is 3.00. The van der Waals surface area contributed by atoms with Crippen LogP contribution in [-0.4, -0.2) is 20.9 Å². The van der Waals surface area contributed by atoms with Gasteiger partial charge in [0.25, 0.3) is 5.89 Å². The summed E-state index contributed by atoms with van der Waals surface area (Å²) in [6, 6.07) is 3.56. The lowest BCUT2D eigenvalue weighted by molar-refractivity contribution is 0.420. The Labute approximate surface area is 103 Å². The second-order valence-electron chi connectivity index (χ2n) is 3.90. The van der Waals surface area contributed by atoms with Crippen LogP contribution in [0.1, 0.15) is 23.9 Å². The summed E-state index contributed by atoms with van der Waals surface area (Å²) in [4.78, 5) is 8.54. The van der Waals surface area contributed by atoms with Crippen LogP contribution in [0.15, 0.2) is 22.9 Å². The minimum atomic E-state index is 0.359. The third kappa shape index (κ3) is 2.00. The Bertz CT molecular complexity index is 522. The predicted octanol–water partition coefficient (Wildman–Crippen LogP) is 2.28. The Balaban J connectivity index is 1.92. The highest BCUT2D eigenvalue weighted by Crippen LogP contribution is 2.38. The molecule has 1 saturated heterocycles. The van der Waals surface area contributed by atoms with E-state index in [0.29, 0.717) is 22.5 Å². The molecule has 6 heteroatoms. The van der Waals surface area contributed by atoms with Gasteiger partial charge in [0.1, 0.15) is 0 Å². The molecule has 5 nitrogen and oxygen atoms in total. The van der Waals surface area contributed by atoms with Gasteiger partial charge in [-0.3, -0.25) is 0 Å². The van der Waals surface area contributed by atoms with Gasteiger partial charge >= 0.3 is 0 Å². The smallest absolute Gasteiger partial charge is 0.278 e. The summed E-state index contributed by atoms with van der Waals surface area (Å²) in [5.74, 6) is 2.33. The minimum absolute atomic E-state index is 0.359. The second kappa shape index (κ2) is 4.37. The van der Waals surface area contributed by atoms with Crippen molar-refractivity contribution in [2.45, 2.75) is 18.1 Å². The van der Waals surface area contributed by atoms with Gasteiger partial charge in [-0.05, 0) is 30.7 Å². The Morgan fingerprint density at radius 1 is 1.47 bits per heavy atom. The molecule has 2 aromatic heterocycles. The third-order valence-electron chi connectivity index (χ3n) is 2.70. The van der Waals surface area contributed by atoms with Crippen LogP contribution in [0.25, 0.3) is 11.6 Å². The van der Waals surface area contributed by atoms with Gasteiger partial charge in [0, 0.05) is 6.20 Å². The maximum absolute atomic E-state index is 5.82. The van der Waals surface area contributed by atoms with Gasteiger partial charge in [0.15, 0.2) is 11.5 Å². The molecule has 0 saturated carbocycles. The molecule has 2 aromatic rings. The first-order chi connectivity index (χ1) is 8.34. The molecule has 2 N–H and O–H groups in total. The number of nitrogens with two attached hydrogens (primary N) is 1. The predicted molar refractivity (Wildman–Crippen MR) is 66.4 cm³/mol. The highest BCUT2D eigenvalue weighted by atomic mass is 32.2. The SMILES string of the molecule is Nc1cccnc1-c1nc(C2CCCS2)no1. The van der Waals surface area contributed by atoms with Crippen molar-refractivity contribution in [3.8, 4) is 11.6 Å². The number of nitrogen functional groups attached to an aromatic ring is 1. The van der Waals surface area contributed by atoms with Gasteiger partial charge < -0.3 is 10.3 Å². The lowest BCUT2D eigenvalue weighted by atomic mass is 10.2. The maximum atomic E-state index is 5.82. The zero-order valence-electron chi connectivity index (χ0n) is 9.17. The van der Waals surface area contributed by atoms with Gasteiger partial charge in [0.2, 0.25) is 0 Å². The Morgan fingerprint density at radius 3 is 3.18 bits per heavy atom. The molecule has 1 aliphatic rings. The summed E-state index contributed by atoms with van der Waals surface area (Å²) in [6.07, 6.45) is 3.99. The fourth-order valence-corrected chi connectivity index (χ4v) is 3.04. The van der Waals surface area contributed by atoms with E-state index in [1.807, 2.05) is 11.8 Å². The number of nitrogens with zero attached hydrogens (tertiary/aromatic N) is 3. The first-order valence-corrected chi connectivity index (χ1v) is 6.55. The number of pyridine rings is 1. The summed E-state index contributed by atoms with van der Waals surface area (Å²) < 4.78 is 5.23. The first kappa shape index (κ1) is 10.6. The van der Waals surface area contributed by atoms with Crippen molar-refractivity contribution in [2.24, 2.45) is 0 Å². The number of rotatable bonds is 2. The van der Waals surface area contributed by atoms with Crippen LogP contribution >= 0.6 is 11.8 Å². The Hall–Kier alpha value is -1.56. The van der Waals surface area contributed by atoms with E-state index in [-0.39, 0.29) is 0 Å². The standard InChI is InChI=1S/C11H12N4OS/c12-7-3-1-5-13-9(7)11-14-10(15-16-11)8-4-2-6-17-8/h1,3,5,8H,2,4,6,12H2. The molecule has 1 fully saturated rings. The summed E-state index contributed by atoms with van der Waals surface area (Å²) >= 11 is 1.87. The topological polar surface area (TPSA) is 77.8 Å². The van der Waals surface area contributed by atoms with Crippen molar-refractivity contribution in [1.82, 2.24) is 15.1 Å². The van der Waals surface area contributed by atoms with E-state index in [9.17, 15) is 0 Å². The van der Waals surface area contributed by atoms with Crippen LogP contribution in [-0.2, 0) is 0 Å². The molecule has 0 aliphatic carbocycles. The van der Waals surface area contributed by atoms with E-state index < -0.39 is 0 Å². The Morgan fingerprint density at radius 2 is 2.41 bits per heavy atom. The van der Waals surface area contributed by atoms with E-state index in [1.165, 1.54) is 12.2 Å². The first-order valence-electron chi connectivity index (χ1n) is 5.50. The molecule has 3 heterocycles. The molecule has 0 spiro atoms.